The highest BCUT2D eigenvalue weighted by Gasteiger charge is 2.30. The smallest absolute Gasteiger partial charge is 0.127 e. The highest BCUT2D eigenvalue weighted by atomic mass is 16.3. The molecular formula is C25H25N3O. The van der Waals surface area contributed by atoms with Crippen LogP contribution in [0.1, 0.15) is 30.3 Å². The van der Waals surface area contributed by atoms with Gasteiger partial charge in [-0.1, -0.05) is 60.7 Å². The number of aromatic hydroxyl groups is 1. The molecule has 1 saturated heterocycles. The van der Waals surface area contributed by atoms with Crippen molar-refractivity contribution in [3.8, 4) is 16.9 Å². The number of rotatable bonds is 4. The monoisotopic (exact) mass is 383 g/mol. The molecular weight excluding hydrogens is 358 g/mol. The Hall–Kier alpha value is -3.11. The van der Waals surface area contributed by atoms with E-state index >= 15 is 0 Å². The molecule has 1 aliphatic heterocycles. The number of phenolic OH excluding ortho intramolecular Hbond substituents is 1. The van der Waals surface area contributed by atoms with Crippen molar-refractivity contribution in [1.29, 1.82) is 0 Å². The lowest BCUT2D eigenvalue weighted by Crippen LogP contribution is -2.25. The third kappa shape index (κ3) is 3.19. The second kappa shape index (κ2) is 7.37. The number of imidazole rings is 1. The van der Waals surface area contributed by atoms with E-state index in [1.807, 2.05) is 54.6 Å². The van der Waals surface area contributed by atoms with Crippen LogP contribution >= 0.6 is 0 Å². The van der Waals surface area contributed by atoms with Gasteiger partial charge in [-0.2, -0.15) is 0 Å². The van der Waals surface area contributed by atoms with Gasteiger partial charge in [-0.3, -0.25) is 4.90 Å². The normalized spacial score (nSPS) is 17.2. The lowest BCUT2D eigenvalue weighted by Gasteiger charge is -2.25. The van der Waals surface area contributed by atoms with Gasteiger partial charge < -0.3 is 9.67 Å². The third-order valence-corrected chi connectivity index (χ3v) is 6.06. The van der Waals surface area contributed by atoms with Crippen LogP contribution in [-0.2, 0) is 13.6 Å². The van der Waals surface area contributed by atoms with Crippen molar-refractivity contribution in [2.75, 3.05) is 6.54 Å². The number of para-hydroxylation sites is 3. The minimum atomic E-state index is 0.271. The molecule has 4 nitrogen and oxygen atoms in total. The SMILES string of the molecule is Cn1c([C@@H]2CCCN2Cc2cccc(-c3ccccc3)c2O)nc2ccccc21. The number of aromatic nitrogens is 2. The van der Waals surface area contributed by atoms with Crippen molar-refractivity contribution in [1.82, 2.24) is 14.5 Å². The summed E-state index contributed by atoms with van der Waals surface area (Å²) in [5.74, 6) is 1.50. The van der Waals surface area contributed by atoms with Crippen LogP contribution in [0.25, 0.3) is 22.2 Å². The van der Waals surface area contributed by atoms with Crippen molar-refractivity contribution in [3.05, 3.63) is 84.2 Å². The Morgan fingerprint density at radius 1 is 0.966 bits per heavy atom. The summed E-state index contributed by atoms with van der Waals surface area (Å²) in [6.45, 7) is 1.74. The summed E-state index contributed by atoms with van der Waals surface area (Å²) in [5.41, 5.74) is 5.12. The molecule has 1 atom stereocenters. The van der Waals surface area contributed by atoms with Crippen molar-refractivity contribution in [3.63, 3.8) is 0 Å². The number of hydrogen-bond acceptors (Lipinski definition) is 3. The zero-order valence-corrected chi connectivity index (χ0v) is 16.6. The third-order valence-electron chi connectivity index (χ3n) is 6.06. The maximum atomic E-state index is 11.0. The molecule has 0 spiro atoms. The van der Waals surface area contributed by atoms with Gasteiger partial charge in [0.1, 0.15) is 11.6 Å². The van der Waals surface area contributed by atoms with E-state index in [9.17, 15) is 5.11 Å². The summed E-state index contributed by atoms with van der Waals surface area (Å²) < 4.78 is 2.22. The van der Waals surface area contributed by atoms with E-state index < -0.39 is 0 Å². The predicted octanol–water partition coefficient (Wildman–Crippen LogP) is 5.28. The van der Waals surface area contributed by atoms with E-state index in [4.69, 9.17) is 4.98 Å². The summed E-state index contributed by atoms with van der Waals surface area (Å²) in [6, 6.07) is 24.7. The zero-order valence-electron chi connectivity index (χ0n) is 16.6. The van der Waals surface area contributed by atoms with Gasteiger partial charge >= 0.3 is 0 Å². The first-order chi connectivity index (χ1) is 14.2. The summed E-state index contributed by atoms with van der Waals surface area (Å²) >= 11 is 0. The Bertz CT molecular complexity index is 1150. The fourth-order valence-electron chi connectivity index (χ4n) is 4.56. The number of phenols is 1. The molecule has 1 aromatic heterocycles. The topological polar surface area (TPSA) is 41.3 Å². The van der Waals surface area contributed by atoms with E-state index in [-0.39, 0.29) is 6.04 Å². The summed E-state index contributed by atoms with van der Waals surface area (Å²) in [7, 11) is 2.11. The lowest BCUT2D eigenvalue weighted by atomic mass is 10.0. The van der Waals surface area contributed by atoms with E-state index in [2.05, 4.69) is 34.7 Å². The lowest BCUT2D eigenvalue weighted by molar-refractivity contribution is 0.234. The van der Waals surface area contributed by atoms with Gasteiger partial charge in [0, 0.05) is 24.7 Å². The molecule has 0 unspecified atom stereocenters. The van der Waals surface area contributed by atoms with E-state index in [0.29, 0.717) is 5.75 Å². The predicted molar refractivity (Wildman–Crippen MR) is 117 cm³/mol. The second-order valence-corrected chi connectivity index (χ2v) is 7.83. The number of benzene rings is 3. The largest absolute Gasteiger partial charge is 0.507 e. The molecule has 0 aliphatic carbocycles. The number of aryl methyl sites for hydroxylation is 1. The Labute approximate surface area is 171 Å². The van der Waals surface area contributed by atoms with Crippen LogP contribution in [0.2, 0.25) is 0 Å². The Morgan fingerprint density at radius 2 is 1.76 bits per heavy atom. The standard InChI is InChI=1S/C25H25N3O/c1-27-22-14-6-5-13-21(22)26-25(27)23-15-8-16-28(23)17-19-11-7-12-20(24(19)29)18-9-3-2-4-10-18/h2-7,9-14,23,29H,8,15-17H2,1H3/t23-/m0/s1. The molecule has 0 saturated carbocycles. The van der Waals surface area contributed by atoms with Crippen molar-refractivity contribution in [2.45, 2.75) is 25.4 Å². The van der Waals surface area contributed by atoms with Crippen LogP contribution in [0.15, 0.2) is 72.8 Å². The zero-order chi connectivity index (χ0) is 19.8. The first kappa shape index (κ1) is 18.0. The van der Waals surface area contributed by atoms with Crippen LogP contribution in [-0.4, -0.2) is 26.1 Å². The highest BCUT2D eigenvalue weighted by Crippen LogP contribution is 2.37. The second-order valence-electron chi connectivity index (χ2n) is 7.83. The number of fused-ring (bicyclic) bond motifs is 1. The quantitative estimate of drug-likeness (QED) is 0.521. The molecule has 4 heteroatoms. The molecule has 2 heterocycles. The average Bonchev–Trinajstić information content (AvgIpc) is 3.34. The van der Waals surface area contributed by atoms with E-state index in [1.54, 1.807) is 0 Å². The first-order valence-corrected chi connectivity index (χ1v) is 10.2. The van der Waals surface area contributed by atoms with Crippen LogP contribution in [0.4, 0.5) is 0 Å². The Balaban J connectivity index is 1.46. The summed E-state index contributed by atoms with van der Waals surface area (Å²) in [6.07, 6.45) is 2.24. The fraction of sp³-hybridized carbons (Fsp3) is 0.240. The molecule has 1 N–H and O–H groups in total. The van der Waals surface area contributed by atoms with Crippen LogP contribution in [0, 0.1) is 0 Å². The van der Waals surface area contributed by atoms with Gasteiger partial charge in [0.15, 0.2) is 0 Å². The Morgan fingerprint density at radius 3 is 2.59 bits per heavy atom. The maximum Gasteiger partial charge on any atom is 0.127 e. The van der Waals surface area contributed by atoms with Crippen LogP contribution < -0.4 is 0 Å². The number of nitrogens with zero attached hydrogens (tertiary/aromatic N) is 3. The summed E-state index contributed by atoms with van der Waals surface area (Å²) in [5, 5.41) is 11.0. The molecule has 1 aliphatic rings. The molecule has 4 aromatic rings. The fourth-order valence-corrected chi connectivity index (χ4v) is 4.56. The van der Waals surface area contributed by atoms with Gasteiger partial charge in [0.2, 0.25) is 0 Å². The molecule has 0 amide bonds. The van der Waals surface area contributed by atoms with Crippen molar-refractivity contribution in [2.24, 2.45) is 7.05 Å². The molecule has 5 rings (SSSR count). The minimum Gasteiger partial charge on any atom is -0.507 e. The van der Waals surface area contributed by atoms with E-state index in [0.717, 1.165) is 54.0 Å². The first-order valence-electron chi connectivity index (χ1n) is 10.2. The molecule has 1 fully saturated rings. The van der Waals surface area contributed by atoms with Gasteiger partial charge in [-0.25, -0.2) is 4.98 Å². The van der Waals surface area contributed by atoms with Crippen molar-refractivity contribution < 1.29 is 5.11 Å². The van der Waals surface area contributed by atoms with Crippen molar-refractivity contribution >= 4 is 11.0 Å². The van der Waals surface area contributed by atoms with Gasteiger partial charge in [0.25, 0.3) is 0 Å². The Kier molecular flexibility index (Phi) is 4.57. The van der Waals surface area contributed by atoms with Gasteiger partial charge in [-0.05, 0) is 37.1 Å². The maximum absolute atomic E-state index is 11.0. The molecule has 0 bridgehead atoms. The molecule has 0 radical (unpaired) electrons. The summed E-state index contributed by atoms with van der Waals surface area (Å²) in [4.78, 5) is 7.38. The van der Waals surface area contributed by atoms with Gasteiger partial charge in [0.05, 0.1) is 17.1 Å². The minimum absolute atomic E-state index is 0.271. The van der Waals surface area contributed by atoms with Crippen LogP contribution in [0.5, 0.6) is 5.75 Å². The highest BCUT2D eigenvalue weighted by molar-refractivity contribution is 5.76. The number of likely N-dealkylation sites (tertiary alicyclic amines) is 1. The van der Waals surface area contributed by atoms with Crippen LogP contribution in [0.3, 0.4) is 0 Å². The molecule has 3 aromatic carbocycles. The molecule has 29 heavy (non-hydrogen) atoms. The van der Waals surface area contributed by atoms with E-state index in [1.165, 1.54) is 5.52 Å². The average molecular weight is 383 g/mol. The van der Waals surface area contributed by atoms with Gasteiger partial charge in [-0.15, -0.1) is 0 Å². The number of hydrogen-bond donors (Lipinski definition) is 1. The molecule has 146 valence electrons.